The molecule has 3 N–H and O–H groups in total. The van der Waals surface area contributed by atoms with Crippen molar-refractivity contribution in [2.24, 2.45) is 0 Å². The molecule has 0 radical (unpaired) electrons. The molecule has 3 rings (SSSR count). The van der Waals surface area contributed by atoms with Crippen LogP contribution in [0.15, 0.2) is 43.0 Å². The van der Waals surface area contributed by atoms with E-state index in [-0.39, 0.29) is 12.6 Å². The molecule has 2 aliphatic heterocycles. The normalized spacial score (nSPS) is 12.4. The smallest absolute Gasteiger partial charge is 0.184 e. The van der Waals surface area contributed by atoms with Gasteiger partial charge in [0.05, 0.1) is 19.0 Å². The highest BCUT2D eigenvalue weighted by Gasteiger charge is 2.16. The van der Waals surface area contributed by atoms with Crippen molar-refractivity contribution >= 4 is 5.82 Å². The zero-order chi connectivity index (χ0) is 13.8. The zero-order valence-corrected chi connectivity index (χ0v) is 10.8. The standard InChI is InChI=1S/C14H15N5O/c20-7-11(6-10-4-2-1-3-5-10)19-14-12-13(16-8-15-12)17-9-18-14/h1-5,8-9,11,20H,6-7H2,(H2,15,16,17,18,19). The Morgan fingerprint density at radius 2 is 2.00 bits per heavy atom. The molecule has 2 aliphatic rings. The lowest BCUT2D eigenvalue weighted by atomic mass is 10.1. The highest BCUT2D eigenvalue weighted by molar-refractivity contribution is 5.66. The Labute approximate surface area is 116 Å². The maximum absolute atomic E-state index is 9.54. The summed E-state index contributed by atoms with van der Waals surface area (Å²) in [5, 5.41) is 12.8. The van der Waals surface area contributed by atoms with E-state index in [0.717, 1.165) is 17.8 Å². The van der Waals surface area contributed by atoms with E-state index in [2.05, 4.69) is 25.3 Å². The van der Waals surface area contributed by atoms with Gasteiger partial charge >= 0.3 is 0 Å². The highest BCUT2D eigenvalue weighted by atomic mass is 16.3. The molecule has 0 aliphatic carbocycles. The largest absolute Gasteiger partial charge is 0.394 e. The monoisotopic (exact) mass is 269 g/mol. The summed E-state index contributed by atoms with van der Waals surface area (Å²) in [6.07, 6.45) is 3.77. The van der Waals surface area contributed by atoms with Crippen molar-refractivity contribution in [3.8, 4) is 11.5 Å². The van der Waals surface area contributed by atoms with Crippen LogP contribution in [-0.4, -0.2) is 37.7 Å². The molecule has 6 nitrogen and oxygen atoms in total. The second-order valence-corrected chi connectivity index (χ2v) is 4.54. The third kappa shape index (κ3) is 2.60. The second kappa shape index (κ2) is 5.66. The number of aromatic amines is 1. The van der Waals surface area contributed by atoms with Gasteiger partial charge in [0, 0.05) is 0 Å². The number of rotatable bonds is 5. The van der Waals surface area contributed by atoms with E-state index in [1.54, 1.807) is 6.33 Å². The summed E-state index contributed by atoms with van der Waals surface area (Å²) >= 11 is 0. The Bertz CT molecular complexity index is 639. The van der Waals surface area contributed by atoms with Crippen molar-refractivity contribution in [2.45, 2.75) is 12.5 Å². The number of nitrogens with one attached hydrogen (secondary N) is 2. The van der Waals surface area contributed by atoms with E-state index in [1.807, 2.05) is 30.3 Å². The number of nitrogens with zero attached hydrogens (tertiary/aromatic N) is 3. The van der Waals surface area contributed by atoms with Crippen LogP contribution in [0, 0.1) is 0 Å². The van der Waals surface area contributed by atoms with Crippen LogP contribution in [0.4, 0.5) is 5.82 Å². The third-order valence-electron chi connectivity index (χ3n) is 3.10. The SMILES string of the molecule is OCC(Cc1ccccc1)Nc1[nH]cnc2ncnc1-2. The van der Waals surface area contributed by atoms with Gasteiger partial charge in [-0.15, -0.1) is 0 Å². The first-order valence-corrected chi connectivity index (χ1v) is 6.42. The lowest BCUT2D eigenvalue weighted by molar-refractivity contribution is 0.273. The van der Waals surface area contributed by atoms with Crippen molar-refractivity contribution in [1.82, 2.24) is 19.9 Å². The predicted octanol–water partition coefficient (Wildman–Crippen LogP) is 1.32. The van der Waals surface area contributed by atoms with Gasteiger partial charge in [0.25, 0.3) is 0 Å². The Balaban J connectivity index is 1.77. The summed E-state index contributed by atoms with van der Waals surface area (Å²) in [6.45, 7) is 0.0285. The average molecular weight is 269 g/mol. The number of aromatic nitrogens is 4. The number of hydrogen-bond donors (Lipinski definition) is 3. The molecule has 0 amide bonds. The summed E-state index contributed by atoms with van der Waals surface area (Å²) in [4.78, 5) is 15.3. The molecule has 1 unspecified atom stereocenters. The molecule has 102 valence electrons. The lowest BCUT2D eigenvalue weighted by Gasteiger charge is -2.18. The number of anilines is 1. The van der Waals surface area contributed by atoms with Crippen LogP contribution in [0.5, 0.6) is 0 Å². The minimum Gasteiger partial charge on any atom is -0.394 e. The number of benzene rings is 1. The van der Waals surface area contributed by atoms with Gasteiger partial charge in [-0.3, -0.25) is 0 Å². The van der Waals surface area contributed by atoms with Gasteiger partial charge in [-0.05, 0) is 12.0 Å². The lowest BCUT2D eigenvalue weighted by Crippen LogP contribution is -2.27. The van der Waals surface area contributed by atoms with Crippen LogP contribution in [0.1, 0.15) is 5.56 Å². The van der Waals surface area contributed by atoms with E-state index in [4.69, 9.17) is 0 Å². The fraction of sp³-hybridized carbons (Fsp3) is 0.214. The molecule has 0 saturated carbocycles. The molecule has 1 aromatic carbocycles. The second-order valence-electron chi connectivity index (χ2n) is 4.54. The summed E-state index contributed by atoms with van der Waals surface area (Å²) in [5.74, 6) is 1.31. The van der Waals surface area contributed by atoms with Crippen LogP contribution in [0.3, 0.4) is 0 Å². The van der Waals surface area contributed by atoms with Gasteiger partial charge in [0.2, 0.25) is 0 Å². The van der Waals surface area contributed by atoms with Crippen molar-refractivity contribution in [3.63, 3.8) is 0 Å². The predicted molar refractivity (Wildman–Crippen MR) is 75.4 cm³/mol. The topological polar surface area (TPSA) is 86.7 Å². The maximum Gasteiger partial charge on any atom is 0.184 e. The molecule has 0 fully saturated rings. The minimum absolute atomic E-state index is 0.0285. The Morgan fingerprint density at radius 1 is 1.15 bits per heavy atom. The van der Waals surface area contributed by atoms with Gasteiger partial charge in [0.15, 0.2) is 5.82 Å². The van der Waals surface area contributed by atoms with E-state index in [9.17, 15) is 5.11 Å². The molecule has 6 heteroatoms. The zero-order valence-electron chi connectivity index (χ0n) is 10.8. The summed E-state index contributed by atoms with van der Waals surface area (Å²) in [5.41, 5.74) is 1.84. The molecule has 0 saturated heterocycles. The van der Waals surface area contributed by atoms with E-state index in [0.29, 0.717) is 11.5 Å². The van der Waals surface area contributed by atoms with Crippen molar-refractivity contribution < 1.29 is 5.11 Å². The molecule has 20 heavy (non-hydrogen) atoms. The number of aliphatic hydroxyl groups is 1. The van der Waals surface area contributed by atoms with Gasteiger partial charge in [-0.2, -0.15) is 0 Å². The minimum atomic E-state index is -0.101. The van der Waals surface area contributed by atoms with Gasteiger partial charge in [-0.25, -0.2) is 15.0 Å². The number of imidazole rings is 1. The Hall–Kier alpha value is -2.47. The fourth-order valence-electron chi connectivity index (χ4n) is 2.13. The first-order chi connectivity index (χ1) is 9.86. The molecule has 1 atom stereocenters. The van der Waals surface area contributed by atoms with Crippen molar-refractivity contribution in [1.29, 1.82) is 0 Å². The molecule has 2 heterocycles. The molecule has 0 spiro atoms. The van der Waals surface area contributed by atoms with Crippen molar-refractivity contribution in [2.75, 3.05) is 11.9 Å². The van der Waals surface area contributed by atoms with E-state index < -0.39 is 0 Å². The summed E-state index contributed by atoms with van der Waals surface area (Å²) in [7, 11) is 0. The number of hydrogen-bond acceptors (Lipinski definition) is 5. The van der Waals surface area contributed by atoms with Gasteiger partial charge in [-0.1, -0.05) is 30.3 Å². The maximum atomic E-state index is 9.54. The van der Waals surface area contributed by atoms with Crippen LogP contribution < -0.4 is 5.32 Å². The third-order valence-corrected chi connectivity index (χ3v) is 3.10. The van der Waals surface area contributed by atoms with Crippen LogP contribution in [0.25, 0.3) is 11.5 Å². The first kappa shape index (κ1) is 12.6. The fourth-order valence-corrected chi connectivity index (χ4v) is 2.13. The summed E-state index contributed by atoms with van der Waals surface area (Å²) in [6, 6.07) is 9.93. The first-order valence-electron chi connectivity index (χ1n) is 6.42. The van der Waals surface area contributed by atoms with Crippen LogP contribution in [-0.2, 0) is 6.42 Å². The van der Waals surface area contributed by atoms with Crippen LogP contribution in [0.2, 0.25) is 0 Å². The Kier molecular flexibility index (Phi) is 3.56. The molecular weight excluding hydrogens is 254 g/mol. The number of fused-ring (bicyclic) bond motifs is 1. The number of aliphatic hydroxyl groups excluding tert-OH is 1. The summed E-state index contributed by atoms with van der Waals surface area (Å²) < 4.78 is 0. The molecule has 0 bridgehead atoms. The Morgan fingerprint density at radius 3 is 2.80 bits per heavy atom. The molecular formula is C14H15N5O. The van der Waals surface area contributed by atoms with E-state index in [1.165, 1.54) is 6.33 Å². The molecule has 0 aromatic heterocycles. The average Bonchev–Trinajstić information content (AvgIpc) is 2.97. The van der Waals surface area contributed by atoms with Gasteiger partial charge in [0.1, 0.15) is 17.8 Å². The quantitative estimate of drug-likeness (QED) is 0.650. The van der Waals surface area contributed by atoms with Crippen LogP contribution >= 0.6 is 0 Å². The van der Waals surface area contributed by atoms with Gasteiger partial charge < -0.3 is 15.4 Å². The van der Waals surface area contributed by atoms with Crippen molar-refractivity contribution in [3.05, 3.63) is 48.5 Å². The highest BCUT2D eigenvalue weighted by Crippen LogP contribution is 2.22. The van der Waals surface area contributed by atoms with E-state index >= 15 is 0 Å². The number of H-pyrrole nitrogens is 1. The molecule has 1 aromatic rings.